The van der Waals surface area contributed by atoms with Gasteiger partial charge in [-0.3, -0.25) is 0 Å². The van der Waals surface area contributed by atoms with Crippen LogP contribution in [-0.4, -0.2) is 60.9 Å². The van der Waals surface area contributed by atoms with E-state index in [0.717, 1.165) is 10.4 Å². The lowest BCUT2D eigenvalue weighted by atomic mass is 9.94. The second-order valence-electron chi connectivity index (χ2n) is 7.30. The summed E-state index contributed by atoms with van der Waals surface area (Å²) in [6, 6.07) is 10.8. The van der Waals surface area contributed by atoms with Crippen LogP contribution in [-0.2, 0) is 10.0 Å². The van der Waals surface area contributed by atoms with Crippen LogP contribution in [0.25, 0.3) is 0 Å². The van der Waals surface area contributed by atoms with Crippen LogP contribution in [0.4, 0.5) is 4.39 Å². The largest absolute Gasteiger partial charge is 0.497 e. The molecular formula is C21H20FN3O6S. The van der Waals surface area contributed by atoms with Gasteiger partial charge in [0, 0.05) is 12.6 Å². The predicted octanol–water partition coefficient (Wildman–Crippen LogP) is 1.14. The van der Waals surface area contributed by atoms with E-state index in [0.29, 0.717) is 5.75 Å². The normalized spacial score (nSPS) is 22.0. The van der Waals surface area contributed by atoms with Crippen molar-refractivity contribution < 1.29 is 32.5 Å². The van der Waals surface area contributed by atoms with Crippen LogP contribution >= 0.6 is 0 Å². The Hall–Kier alpha value is -3.22. The molecule has 2 aromatic rings. The molecule has 3 rings (SSSR count). The highest BCUT2D eigenvalue weighted by Gasteiger charge is 2.54. The molecule has 3 atom stereocenters. The highest BCUT2D eigenvalue weighted by Crippen LogP contribution is 2.34. The van der Waals surface area contributed by atoms with Crippen LogP contribution in [0, 0.1) is 28.5 Å². The Morgan fingerprint density at radius 3 is 2.41 bits per heavy atom. The number of benzene rings is 2. The predicted molar refractivity (Wildman–Crippen MR) is 109 cm³/mol. The molecule has 0 aliphatic carbocycles. The first kappa shape index (κ1) is 23.4. The molecule has 1 unspecified atom stereocenters. The third kappa shape index (κ3) is 4.11. The Kier molecular flexibility index (Phi) is 6.39. The number of β-amino-alcohol motifs (C(OH)–C–C–N with tert-alkyl or cyclic N) is 1. The van der Waals surface area contributed by atoms with Gasteiger partial charge in [0.1, 0.15) is 46.1 Å². The van der Waals surface area contributed by atoms with Crippen molar-refractivity contribution in [2.75, 3.05) is 20.2 Å². The molecular weight excluding hydrogens is 441 g/mol. The van der Waals surface area contributed by atoms with E-state index in [1.54, 1.807) is 6.07 Å². The molecule has 32 heavy (non-hydrogen) atoms. The molecule has 1 heterocycles. The quantitative estimate of drug-likeness (QED) is 0.652. The Morgan fingerprint density at radius 1 is 1.19 bits per heavy atom. The molecule has 1 saturated heterocycles. The van der Waals surface area contributed by atoms with Crippen LogP contribution < -0.4 is 9.47 Å². The zero-order valence-electron chi connectivity index (χ0n) is 17.2. The third-order valence-electron chi connectivity index (χ3n) is 5.34. The molecule has 0 saturated carbocycles. The van der Waals surface area contributed by atoms with E-state index >= 15 is 0 Å². The molecule has 168 valence electrons. The van der Waals surface area contributed by atoms with Gasteiger partial charge in [0.25, 0.3) is 0 Å². The highest BCUT2D eigenvalue weighted by molar-refractivity contribution is 7.89. The Morgan fingerprint density at radius 2 is 1.84 bits per heavy atom. The van der Waals surface area contributed by atoms with Crippen molar-refractivity contribution in [1.82, 2.24) is 4.31 Å². The van der Waals surface area contributed by atoms with E-state index in [9.17, 15) is 28.3 Å². The molecule has 1 fully saturated rings. The SMILES string of the molecule is COc1ccc(S(=O)(=O)N2C[C@H](Oc3ccc(C#N)c(F)c3)[C@](O)(C(C)O)C2)c(C#N)c1. The summed E-state index contributed by atoms with van der Waals surface area (Å²) in [5.74, 6) is -0.594. The Bertz CT molecular complexity index is 1220. The maximum Gasteiger partial charge on any atom is 0.244 e. The second kappa shape index (κ2) is 8.73. The molecule has 0 spiro atoms. The molecule has 9 nitrogen and oxygen atoms in total. The Labute approximate surface area is 184 Å². The second-order valence-corrected chi connectivity index (χ2v) is 9.20. The summed E-state index contributed by atoms with van der Waals surface area (Å²) < 4.78 is 52.0. The zero-order valence-corrected chi connectivity index (χ0v) is 18.0. The van der Waals surface area contributed by atoms with E-state index in [2.05, 4.69) is 0 Å². The summed E-state index contributed by atoms with van der Waals surface area (Å²) in [5.41, 5.74) is -2.37. The van der Waals surface area contributed by atoms with Crippen molar-refractivity contribution in [3.8, 4) is 23.6 Å². The monoisotopic (exact) mass is 461 g/mol. The number of nitriles is 2. The van der Waals surface area contributed by atoms with Gasteiger partial charge in [-0.25, -0.2) is 12.8 Å². The number of nitrogens with zero attached hydrogens (tertiary/aromatic N) is 3. The van der Waals surface area contributed by atoms with E-state index in [1.807, 2.05) is 6.07 Å². The number of aliphatic hydroxyl groups is 2. The van der Waals surface area contributed by atoms with Crippen LogP contribution in [0.15, 0.2) is 41.3 Å². The van der Waals surface area contributed by atoms with Gasteiger partial charge in [0.05, 0.1) is 30.9 Å². The lowest BCUT2D eigenvalue weighted by molar-refractivity contribution is -0.104. The van der Waals surface area contributed by atoms with Gasteiger partial charge in [0.15, 0.2) is 0 Å². The van der Waals surface area contributed by atoms with Crippen molar-refractivity contribution in [2.24, 2.45) is 0 Å². The molecule has 11 heteroatoms. The van der Waals surface area contributed by atoms with Gasteiger partial charge in [-0.05, 0) is 37.3 Å². The van der Waals surface area contributed by atoms with Gasteiger partial charge in [0.2, 0.25) is 10.0 Å². The lowest BCUT2D eigenvalue weighted by Gasteiger charge is -2.31. The summed E-state index contributed by atoms with van der Waals surface area (Å²) in [6.07, 6.45) is -2.66. The first-order valence-electron chi connectivity index (χ1n) is 9.42. The molecule has 1 aliphatic rings. The van der Waals surface area contributed by atoms with Crippen molar-refractivity contribution >= 4 is 10.0 Å². The first-order valence-corrected chi connectivity index (χ1v) is 10.9. The summed E-state index contributed by atoms with van der Waals surface area (Å²) in [6.45, 7) is 0.384. The summed E-state index contributed by atoms with van der Waals surface area (Å²) in [5, 5.41) is 39.5. The fourth-order valence-corrected chi connectivity index (χ4v) is 5.04. The third-order valence-corrected chi connectivity index (χ3v) is 7.21. The van der Waals surface area contributed by atoms with Crippen molar-refractivity contribution in [3.63, 3.8) is 0 Å². The van der Waals surface area contributed by atoms with Crippen LogP contribution in [0.2, 0.25) is 0 Å². The van der Waals surface area contributed by atoms with E-state index < -0.39 is 40.2 Å². The first-order chi connectivity index (χ1) is 15.1. The zero-order chi connectivity index (χ0) is 23.7. The fourth-order valence-electron chi connectivity index (χ4n) is 3.43. The van der Waals surface area contributed by atoms with Crippen molar-refractivity contribution in [3.05, 3.63) is 53.3 Å². The molecule has 0 radical (unpaired) electrons. The van der Waals surface area contributed by atoms with Gasteiger partial charge in [-0.15, -0.1) is 0 Å². The van der Waals surface area contributed by atoms with Crippen LogP contribution in [0.5, 0.6) is 11.5 Å². The molecule has 1 aliphatic heterocycles. The number of aliphatic hydroxyl groups excluding tert-OH is 1. The van der Waals surface area contributed by atoms with Crippen molar-refractivity contribution in [1.29, 1.82) is 10.5 Å². The van der Waals surface area contributed by atoms with E-state index in [1.165, 1.54) is 44.4 Å². The number of rotatable bonds is 6. The number of halogens is 1. The smallest absolute Gasteiger partial charge is 0.244 e. The maximum absolute atomic E-state index is 13.9. The minimum absolute atomic E-state index is 0.0491. The number of ether oxygens (including phenoxy) is 2. The van der Waals surface area contributed by atoms with Gasteiger partial charge >= 0.3 is 0 Å². The van der Waals surface area contributed by atoms with Crippen LogP contribution in [0.3, 0.4) is 0 Å². The molecule has 0 amide bonds. The van der Waals surface area contributed by atoms with Crippen LogP contribution in [0.1, 0.15) is 18.1 Å². The van der Waals surface area contributed by atoms with E-state index in [-0.39, 0.29) is 28.3 Å². The number of hydrogen-bond acceptors (Lipinski definition) is 8. The Balaban J connectivity index is 1.96. The number of hydrogen-bond donors (Lipinski definition) is 2. The minimum atomic E-state index is -4.27. The molecule has 0 bridgehead atoms. The van der Waals surface area contributed by atoms with E-state index in [4.69, 9.17) is 14.7 Å². The molecule has 2 aromatic carbocycles. The maximum atomic E-state index is 13.9. The lowest BCUT2D eigenvalue weighted by Crippen LogP contribution is -2.53. The number of sulfonamides is 1. The van der Waals surface area contributed by atoms with Gasteiger partial charge in [-0.2, -0.15) is 14.8 Å². The fraction of sp³-hybridized carbons (Fsp3) is 0.333. The summed E-state index contributed by atoms with van der Waals surface area (Å²) >= 11 is 0. The minimum Gasteiger partial charge on any atom is -0.497 e. The number of methoxy groups -OCH3 is 1. The molecule has 2 N–H and O–H groups in total. The topological polar surface area (TPSA) is 144 Å². The highest BCUT2D eigenvalue weighted by atomic mass is 32.2. The van der Waals surface area contributed by atoms with Gasteiger partial charge in [-0.1, -0.05) is 0 Å². The standard InChI is InChI=1S/C21H20FN3O6S/c1-13(26)21(27)12-25(11-20(21)31-17-4-3-14(9-23)18(22)8-17)32(28,29)19-6-5-16(30-2)7-15(19)10-24/h3-8,13,20,26-27H,11-12H2,1-2H3/t13?,20-,21+/m0/s1. The average Bonchev–Trinajstić information content (AvgIpc) is 3.11. The van der Waals surface area contributed by atoms with Crippen molar-refractivity contribution in [2.45, 2.75) is 29.6 Å². The summed E-state index contributed by atoms with van der Waals surface area (Å²) in [4.78, 5) is -0.293. The summed E-state index contributed by atoms with van der Waals surface area (Å²) in [7, 11) is -2.89. The molecule has 0 aromatic heterocycles. The average molecular weight is 461 g/mol. The van der Waals surface area contributed by atoms with Gasteiger partial charge < -0.3 is 19.7 Å².